The summed E-state index contributed by atoms with van der Waals surface area (Å²) in [5.41, 5.74) is 7.19. The highest BCUT2D eigenvalue weighted by atomic mass is 35.5. The van der Waals surface area contributed by atoms with Crippen molar-refractivity contribution in [2.75, 3.05) is 20.2 Å². The normalized spacial score (nSPS) is 14.9. The maximum Gasteiger partial charge on any atom is 0.0558 e. The molecule has 0 radical (unpaired) electrons. The van der Waals surface area contributed by atoms with E-state index in [-0.39, 0.29) is 18.7 Å². The molecule has 0 saturated heterocycles. The number of nitrogens with two attached hydrogens (primary N) is 1. The predicted molar refractivity (Wildman–Crippen MR) is 72.2 cm³/mol. The molecule has 1 rings (SSSR count). The van der Waals surface area contributed by atoms with Crippen molar-refractivity contribution in [2.45, 2.75) is 25.4 Å². The average Bonchev–Trinajstić information content (AvgIpc) is 2.32. The van der Waals surface area contributed by atoms with E-state index in [4.69, 9.17) is 22.4 Å². The molecule has 0 heterocycles. The molecule has 0 spiro atoms. The van der Waals surface area contributed by atoms with Crippen LogP contribution >= 0.6 is 11.6 Å². The number of likely N-dealkylation sites (N-methyl/N-ethyl adjacent to an activating group) is 1. The molecule has 1 aromatic carbocycles. The standard InChI is InChI=1S/C13H21ClN2O/c1-3-12(15)13(16(2)8-9-17)10-6-4-5-7-11(10)14/h4-7,12-13,17H,3,8-9,15H2,1-2H3. The molecule has 3 N–H and O–H groups in total. The lowest BCUT2D eigenvalue weighted by molar-refractivity contribution is 0.162. The van der Waals surface area contributed by atoms with E-state index >= 15 is 0 Å². The van der Waals surface area contributed by atoms with E-state index in [1.165, 1.54) is 0 Å². The van der Waals surface area contributed by atoms with Crippen molar-refractivity contribution in [3.05, 3.63) is 34.9 Å². The molecular formula is C13H21ClN2O. The molecule has 0 bridgehead atoms. The fourth-order valence-corrected chi connectivity index (χ4v) is 2.28. The van der Waals surface area contributed by atoms with Crippen molar-refractivity contribution in [1.82, 2.24) is 4.90 Å². The summed E-state index contributed by atoms with van der Waals surface area (Å²) in [5, 5.41) is 9.77. The number of benzene rings is 1. The van der Waals surface area contributed by atoms with Crippen LogP contribution in [0.2, 0.25) is 5.02 Å². The first-order valence-corrected chi connectivity index (χ1v) is 6.30. The summed E-state index contributed by atoms with van der Waals surface area (Å²) in [6, 6.07) is 7.79. The number of rotatable bonds is 6. The van der Waals surface area contributed by atoms with Gasteiger partial charge in [-0.2, -0.15) is 0 Å². The molecule has 4 heteroatoms. The number of halogens is 1. The fourth-order valence-electron chi connectivity index (χ4n) is 2.03. The van der Waals surface area contributed by atoms with Gasteiger partial charge in [-0.15, -0.1) is 0 Å². The Morgan fingerprint density at radius 3 is 2.59 bits per heavy atom. The zero-order chi connectivity index (χ0) is 12.8. The third-order valence-electron chi connectivity index (χ3n) is 3.03. The summed E-state index contributed by atoms with van der Waals surface area (Å²) in [5.74, 6) is 0. The quantitative estimate of drug-likeness (QED) is 0.819. The monoisotopic (exact) mass is 256 g/mol. The van der Waals surface area contributed by atoms with Gasteiger partial charge in [0.25, 0.3) is 0 Å². The summed E-state index contributed by atoms with van der Waals surface area (Å²) >= 11 is 6.22. The van der Waals surface area contributed by atoms with Gasteiger partial charge in [0.2, 0.25) is 0 Å². The van der Waals surface area contributed by atoms with Crippen LogP contribution in [0.1, 0.15) is 24.9 Å². The minimum absolute atomic E-state index is 0.00597. The SMILES string of the molecule is CCC(N)C(c1ccccc1Cl)N(C)CCO. The van der Waals surface area contributed by atoms with Gasteiger partial charge in [0.05, 0.1) is 12.6 Å². The van der Waals surface area contributed by atoms with Gasteiger partial charge in [-0.05, 0) is 25.1 Å². The largest absolute Gasteiger partial charge is 0.395 e. The van der Waals surface area contributed by atoms with Crippen LogP contribution in [0.25, 0.3) is 0 Å². The van der Waals surface area contributed by atoms with Gasteiger partial charge in [0, 0.05) is 17.6 Å². The van der Waals surface area contributed by atoms with Crippen LogP contribution in [-0.4, -0.2) is 36.2 Å². The van der Waals surface area contributed by atoms with Gasteiger partial charge < -0.3 is 10.8 Å². The van der Waals surface area contributed by atoms with E-state index in [1.54, 1.807) is 0 Å². The minimum atomic E-state index is 0.00597. The summed E-state index contributed by atoms with van der Waals surface area (Å²) < 4.78 is 0. The average molecular weight is 257 g/mol. The molecule has 0 amide bonds. The van der Waals surface area contributed by atoms with Gasteiger partial charge in [-0.1, -0.05) is 36.7 Å². The molecule has 0 aliphatic carbocycles. The van der Waals surface area contributed by atoms with Crippen LogP contribution in [0.3, 0.4) is 0 Å². The van der Waals surface area contributed by atoms with Gasteiger partial charge in [0.15, 0.2) is 0 Å². The summed E-state index contributed by atoms with van der Waals surface area (Å²) in [4.78, 5) is 2.05. The van der Waals surface area contributed by atoms with E-state index in [2.05, 4.69) is 11.8 Å². The molecule has 0 aromatic heterocycles. The lowest BCUT2D eigenvalue weighted by Gasteiger charge is -2.32. The Hall–Kier alpha value is -0.610. The van der Waals surface area contributed by atoms with Gasteiger partial charge in [0.1, 0.15) is 0 Å². The first-order valence-electron chi connectivity index (χ1n) is 5.92. The molecule has 2 unspecified atom stereocenters. The highest BCUT2D eigenvalue weighted by molar-refractivity contribution is 6.31. The summed E-state index contributed by atoms with van der Waals surface area (Å²) in [6.07, 6.45) is 0.867. The molecule has 96 valence electrons. The lowest BCUT2D eigenvalue weighted by atomic mass is 9.96. The van der Waals surface area contributed by atoms with Crippen LogP contribution < -0.4 is 5.73 Å². The first-order chi connectivity index (χ1) is 8.11. The molecule has 0 saturated carbocycles. The Balaban J connectivity index is 3.02. The van der Waals surface area contributed by atoms with Crippen molar-refractivity contribution < 1.29 is 5.11 Å². The van der Waals surface area contributed by atoms with Crippen LogP contribution in [0.4, 0.5) is 0 Å². The van der Waals surface area contributed by atoms with E-state index in [0.717, 1.165) is 17.0 Å². The maximum atomic E-state index is 9.04. The molecular weight excluding hydrogens is 236 g/mol. The van der Waals surface area contributed by atoms with Crippen LogP contribution in [0, 0.1) is 0 Å². The van der Waals surface area contributed by atoms with E-state index in [0.29, 0.717) is 6.54 Å². The van der Waals surface area contributed by atoms with Crippen LogP contribution in [0.15, 0.2) is 24.3 Å². The van der Waals surface area contributed by atoms with E-state index < -0.39 is 0 Å². The smallest absolute Gasteiger partial charge is 0.0558 e. The third kappa shape index (κ3) is 3.68. The number of hydrogen-bond donors (Lipinski definition) is 2. The molecule has 2 atom stereocenters. The van der Waals surface area contributed by atoms with Gasteiger partial charge in [-0.3, -0.25) is 4.90 Å². The second kappa shape index (κ2) is 6.97. The number of hydrogen-bond acceptors (Lipinski definition) is 3. The molecule has 0 aliphatic heterocycles. The van der Waals surface area contributed by atoms with E-state index in [9.17, 15) is 0 Å². The lowest BCUT2D eigenvalue weighted by Crippen LogP contribution is -2.40. The second-order valence-corrected chi connectivity index (χ2v) is 4.65. The highest BCUT2D eigenvalue weighted by Gasteiger charge is 2.24. The predicted octanol–water partition coefficient (Wildman–Crippen LogP) is 2.04. The number of aliphatic hydroxyl groups is 1. The Kier molecular flexibility index (Phi) is 5.92. The summed E-state index contributed by atoms with van der Waals surface area (Å²) in [6.45, 7) is 2.76. The van der Waals surface area contributed by atoms with Crippen LogP contribution in [0.5, 0.6) is 0 Å². The topological polar surface area (TPSA) is 49.5 Å². The van der Waals surface area contributed by atoms with Gasteiger partial charge >= 0.3 is 0 Å². The Bertz CT molecular complexity index is 346. The molecule has 0 fully saturated rings. The Labute approximate surface area is 108 Å². The summed E-state index contributed by atoms with van der Waals surface area (Å²) in [7, 11) is 1.96. The minimum Gasteiger partial charge on any atom is -0.395 e. The maximum absolute atomic E-state index is 9.04. The zero-order valence-corrected chi connectivity index (χ0v) is 11.2. The number of nitrogens with zero attached hydrogens (tertiary/aromatic N) is 1. The molecule has 0 aliphatic rings. The van der Waals surface area contributed by atoms with Crippen molar-refractivity contribution >= 4 is 11.6 Å². The van der Waals surface area contributed by atoms with Crippen molar-refractivity contribution in [3.63, 3.8) is 0 Å². The first kappa shape index (κ1) is 14.5. The molecule has 17 heavy (non-hydrogen) atoms. The molecule has 3 nitrogen and oxygen atoms in total. The highest BCUT2D eigenvalue weighted by Crippen LogP contribution is 2.29. The zero-order valence-electron chi connectivity index (χ0n) is 10.4. The molecule has 1 aromatic rings. The Morgan fingerprint density at radius 1 is 1.41 bits per heavy atom. The number of aliphatic hydroxyl groups excluding tert-OH is 1. The second-order valence-electron chi connectivity index (χ2n) is 4.24. The van der Waals surface area contributed by atoms with Crippen molar-refractivity contribution in [2.24, 2.45) is 5.73 Å². The van der Waals surface area contributed by atoms with E-state index in [1.807, 2.05) is 31.3 Å². The van der Waals surface area contributed by atoms with Gasteiger partial charge in [-0.25, -0.2) is 0 Å². The Morgan fingerprint density at radius 2 is 2.06 bits per heavy atom. The fraction of sp³-hybridized carbons (Fsp3) is 0.538. The van der Waals surface area contributed by atoms with Crippen molar-refractivity contribution in [3.8, 4) is 0 Å². The van der Waals surface area contributed by atoms with Crippen LogP contribution in [-0.2, 0) is 0 Å². The third-order valence-corrected chi connectivity index (χ3v) is 3.37. The van der Waals surface area contributed by atoms with Crippen molar-refractivity contribution in [1.29, 1.82) is 0 Å².